The maximum Gasteiger partial charge on any atom is 0.0897 e. The van der Waals surface area contributed by atoms with E-state index in [2.05, 4.69) is 45.1 Å². The average molecular weight is 274 g/mol. The fraction of sp³-hybridized carbons (Fsp3) is 1.00. The van der Waals surface area contributed by atoms with Crippen molar-refractivity contribution in [3.05, 3.63) is 0 Å². The molecule has 2 N–H and O–H groups in total. The molecule has 0 rings (SSSR count). The van der Waals surface area contributed by atoms with Crippen molar-refractivity contribution in [3.63, 3.8) is 0 Å². The van der Waals surface area contributed by atoms with E-state index < -0.39 is 6.10 Å². The Morgan fingerprint density at radius 3 is 2.47 bits per heavy atom. The summed E-state index contributed by atoms with van der Waals surface area (Å²) in [7, 11) is 4.17. The van der Waals surface area contributed by atoms with Gasteiger partial charge in [-0.25, -0.2) is 0 Å². The molecule has 0 aliphatic rings. The second-order valence-corrected chi connectivity index (χ2v) is 6.08. The molecule has 2 atom stereocenters. The second kappa shape index (κ2) is 11.6. The smallest absolute Gasteiger partial charge is 0.0897 e. The third kappa shape index (κ3) is 12.6. The van der Waals surface area contributed by atoms with Crippen LogP contribution in [0, 0.1) is 5.92 Å². The molecule has 0 bridgehead atoms. The first-order valence-corrected chi connectivity index (χ1v) is 7.59. The number of likely N-dealkylation sites (N-methyl/N-ethyl adjacent to an activating group) is 1. The molecule has 0 aliphatic carbocycles. The van der Waals surface area contributed by atoms with Crippen molar-refractivity contribution in [3.8, 4) is 0 Å². The highest BCUT2D eigenvalue weighted by Gasteiger charge is 2.13. The molecule has 0 amide bonds. The van der Waals surface area contributed by atoms with Gasteiger partial charge in [-0.3, -0.25) is 0 Å². The van der Waals surface area contributed by atoms with Gasteiger partial charge in [0.2, 0.25) is 0 Å². The molecule has 2 unspecified atom stereocenters. The Hall–Kier alpha value is -0.160. The van der Waals surface area contributed by atoms with Crippen molar-refractivity contribution in [2.75, 3.05) is 40.4 Å². The monoisotopic (exact) mass is 274 g/mol. The lowest BCUT2D eigenvalue weighted by Crippen LogP contribution is -2.43. The lowest BCUT2D eigenvalue weighted by atomic mass is 10.0. The van der Waals surface area contributed by atoms with Crippen molar-refractivity contribution in [1.82, 2.24) is 10.2 Å². The molecule has 0 radical (unpaired) electrons. The van der Waals surface area contributed by atoms with Gasteiger partial charge in [0.05, 0.1) is 12.7 Å². The fourth-order valence-electron chi connectivity index (χ4n) is 2.06. The molecule has 0 aromatic carbocycles. The van der Waals surface area contributed by atoms with Crippen LogP contribution in [0.1, 0.15) is 40.0 Å². The predicted octanol–water partition coefficient (Wildman–Crippen LogP) is 1.73. The molecular formula is C15H34N2O2. The van der Waals surface area contributed by atoms with Crippen LogP contribution in [0.15, 0.2) is 0 Å². The van der Waals surface area contributed by atoms with E-state index in [0.717, 1.165) is 32.4 Å². The number of nitrogens with one attached hydrogen (secondary N) is 1. The van der Waals surface area contributed by atoms with Crippen molar-refractivity contribution in [2.24, 2.45) is 5.92 Å². The van der Waals surface area contributed by atoms with Gasteiger partial charge in [0.15, 0.2) is 0 Å². The maximum atomic E-state index is 9.86. The summed E-state index contributed by atoms with van der Waals surface area (Å²) in [6.07, 6.45) is 2.92. The van der Waals surface area contributed by atoms with E-state index in [0.29, 0.717) is 25.1 Å². The summed E-state index contributed by atoms with van der Waals surface area (Å²) in [6, 6.07) is 0.431. The number of unbranched alkanes of at least 4 members (excludes halogenated alkanes) is 1. The Bertz CT molecular complexity index is 189. The minimum absolute atomic E-state index is 0.409. The van der Waals surface area contributed by atoms with Gasteiger partial charge in [-0.1, -0.05) is 27.2 Å². The fourth-order valence-corrected chi connectivity index (χ4v) is 2.06. The zero-order valence-corrected chi connectivity index (χ0v) is 13.5. The Labute approximate surface area is 119 Å². The van der Waals surface area contributed by atoms with Gasteiger partial charge in [-0.2, -0.15) is 0 Å². The third-order valence-corrected chi connectivity index (χ3v) is 2.94. The van der Waals surface area contributed by atoms with Gasteiger partial charge in [0, 0.05) is 25.7 Å². The summed E-state index contributed by atoms with van der Waals surface area (Å²) in [6.45, 7) is 9.39. The first-order valence-electron chi connectivity index (χ1n) is 7.59. The minimum Gasteiger partial charge on any atom is -0.389 e. The molecule has 0 spiro atoms. The van der Waals surface area contributed by atoms with Crippen molar-refractivity contribution in [2.45, 2.75) is 52.2 Å². The summed E-state index contributed by atoms with van der Waals surface area (Å²) in [5.74, 6) is 0.662. The number of nitrogens with zero attached hydrogens (tertiary/aromatic N) is 1. The van der Waals surface area contributed by atoms with Crippen LogP contribution in [0.2, 0.25) is 0 Å². The largest absolute Gasteiger partial charge is 0.389 e. The first-order chi connectivity index (χ1) is 8.95. The van der Waals surface area contributed by atoms with Crippen LogP contribution < -0.4 is 5.32 Å². The molecule has 4 heteroatoms. The molecule has 4 nitrogen and oxygen atoms in total. The van der Waals surface area contributed by atoms with E-state index >= 15 is 0 Å². The van der Waals surface area contributed by atoms with Crippen LogP contribution in [-0.4, -0.2) is 62.6 Å². The zero-order valence-electron chi connectivity index (χ0n) is 13.5. The van der Waals surface area contributed by atoms with Crippen molar-refractivity contribution in [1.29, 1.82) is 0 Å². The van der Waals surface area contributed by atoms with Crippen LogP contribution in [0.5, 0.6) is 0 Å². The minimum atomic E-state index is -0.409. The molecule has 116 valence electrons. The summed E-state index contributed by atoms with van der Waals surface area (Å²) in [5, 5.41) is 13.3. The van der Waals surface area contributed by atoms with Gasteiger partial charge in [0.1, 0.15) is 0 Å². The number of ether oxygens (including phenoxy) is 1. The highest BCUT2D eigenvalue weighted by molar-refractivity contribution is 4.73. The van der Waals surface area contributed by atoms with Gasteiger partial charge < -0.3 is 20.1 Å². The van der Waals surface area contributed by atoms with Gasteiger partial charge in [-0.05, 0) is 32.9 Å². The standard InChI is InChI=1S/C15H34N2O2/c1-6-7-8-19-12-15(18)10-16-14(9-13(2)3)11-17(4)5/h13-16,18H,6-12H2,1-5H3. The van der Waals surface area contributed by atoms with E-state index in [9.17, 15) is 5.11 Å². The topological polar surface area (TPSA) is 44.7 Å². The molecule has 0 saturated heterocycles. The SMILES string of the molecule is CCCCOCC(O)CNC(CC(C)C)CN(C)C. The molecular weight excluding hydrogens is 240 g/mol. The summed E-state index contributed by atoms with van der Waals surface area (Å²) in [4.78, 5) is 2.18. The second-order valence-electron chi connectivity index (χ2n) is 6.08. The molecule has 0 aromatic rings. The Kier molecular flexibility index (Phi) is 11.6. The van der Waals surface area contributed by atoms with Crippen LogP contribution in [-0.2, 0) is 4.74 Å². The summed E-state index contributed by atoms with van der Waals surface area (Å²) in [5.41, 5.74) is 0. The van der Waals surface area contributed by atoms with E-state index in [1.54, 1.807) is 0 Å². The molecule has 19 heavy (non-hydrogen) atoms. The lowest BCUT2D eigenvalue weighted by Gasteiger charge is -2.25. The Morgan fingerprint density at radius 2 is 1.95 bits per heavy atom. The van der Waals surface area contributed by atoms with Crippen LogP contribution in [0.3, 0.4) is 0 Å². The van der Waals surface area contributed by atoms with Crippen molar-refractivity contribution >= 4 is 0 Å². The van der Waals surface area contributed by atoms with Crippen LogP contribution >= 0.6 is 0 Å². The zero-order chi connectivity index (χ0) is 14.7. The van der Waals surface area contributed by atoms with Gasteiger partial charge in [-0.15, -0.1) is 0 Å². The van der Waals surface area contributed by atoms with Crippen molar-refractivity contribution < 1.29 is 9.84 Å². The normalized spacial score (nSPS) is 15.2. The maximum absolute atomic E-state index is 9.86. The molecule has 0 aliphatic heterocycles. The van der Waals surface area contributed by atoms with E-state index in [4.69, 9.17) is 4.74 Å². The quantitative estimate of drug-likeness (QED) is 0.532. The number of rotatable bonds is 12. The predicted molar refractivity (Wildman–Crippen MR) is 81.5 cm³/mol. The highest BCUT2D eigenvalue weighted by Crippen LogP contribution is 2.05. The van der Waals surface area contributed by atoms with E-state index in [-0.39, 0.29) is 0 Å². The van der Waals surface area contributed by atoms with Gasteiger partial charge in [0.25, 0.3) is 0 Å². The number of aliphatic hydroxyl groups is 1. The van der Waals surface area contributed by atoms with E-state index in [1.807, 2.05) is 0 Å². The third-order valence-electron chi connectivity index (χ3n) is 2.94. The van der Waals surface area contributed by atoms with Gasteiger partial charge >= 0.3 is 0 Å². The number of aliphatic hydroxyl groups excluding tert-OH is 1. The molecule has 0 saturated carbocycles. The summed E-state index contributed by atoms with van der Waals surface area (Å²) >= 11 is 0. The average Bonchev–Trinajstić information content (AvgIpc) is 2.30. The number of hydrogen-bond donors (Lipinski definition) is 2. The van der Waals surface area contributed by atoms with E-state index in [1.165, 1.54) is 0 Å². The molecule has 0 heterocycles. The highest BCUT2D eigenvalue weighted by atomic mass is 16.5. The Morgan fingerprint density at radius 1 is 1.26 bits per heavy atom. The van der Waals surface area contributed by atoms with Crippen LogP contribution in [0.25, 0.3) is 0 Å². The van der Waals surface area contributed by atoms with Crippen LogP contribution in [0.4, 0.5) is 0 Å². The Balaban J connectivity index is 3.81. The summed E-state index contributed by atoms with van der Waals surface area (Å²) < 4.78 is 5.43. The number of hydrogen-bond acceptors (Lipinski definition) is 4. The molecule has 0 aromatic heterocycles. The first kappa shape index (κ1) is 18.8. The lowest BCUT2D eigenvalue weighted by molar-refractivity contribution is 0.0338. The molecule has 0 fully saturated rings.